The molecule has 1 aliphatic heterocycles. The molecule has 4 heteroatoms. The summed E-state index contributed by atoms with van der Waals surface area (Å²) >= 11 is 0. The Bertz CT molecular complexity index is 694. The van der Waals surface area contributed by atoms with Gasteiger partial charge in [0.25, 0.3) is 0 Å². The molecule has 132 valence electrons. The number of rotatable bonds is 8. The van der Waals surface area contributed by atoms with Gasteiger partial charge in [0, 0.05) is 18.9 Å². The highest BCUT2D eigenvalue weighted by Crippen LogP contribution is 2.38. The van der Waals surface area contributed by atoms with Gasteiger partial charge in [0.1, 0.15) is 0 Å². The van der Waals surface area contributed by atoms with Crippen LogP contribution in [-0.2, 0) is 17.6 Å². The summed E-state index contributed by atoms with van der Waals surface area (Å²) in [6.45, 7) is 0.406. The maximum atomic E-state index is 12.1. The van der Waals surface area contributed by atoms with Crippen molar-refractivity contribution in [2.45, 2.75) is 38.1 Å². The van der Waals surface area contributed by atoms with E-state index >= 15 is 0 Å². The lowest BCUT2D eigenvalue weighted by Gasteiger charge is -2.41. The van der Waals surface area contributed by atoms with Gasteiger partial charge in [0.2, 0.25) is 5.91 Å². The van der Waals surface area contributed by atoms with Crippen LogP contribution in [0.15, 0.2) is 48.5 Å². The van der Waals surface area contributed by atoms with Crippen molar-refractivity contribution in [3.63, 3.8) is 0 Å². The minimum Gasteiger partial charge on any atom is -0.396 e. The first-order valence-electron chi connectivity index (χ1n) is 8.94. The number of benzene rings is 2. The number of aliphatic hydroxyl groups excluding tert-OH is 2. The first-order valence-corrected chi connectivity index (χ1v) is 8.94. The Hall–Kier alpha value is -2.17. The van der Waals surface area contributed by atoms with Gasteiger partial charge in [-0.3, -0.25) is 4.79 Å². The van der Waals surface area contributed by atoms with Crippen LogP contribution in [0.3, 0.4) is 0 Å². The van der Waals surface area contributed by atoms with Crippen LogP contribution in [0.4, 0.5) is 5.69 Å². The van der Waals surface area contributed by atoms with Gasteiger partial charge in [-0.25, -0.2) is 0 Å². The molecule has 0 aliphatic carbocycles. The van der Waals surface area contributed by atoms with E-state index in [4.69, 9.17) is 10.2 Å². The van der Waals surface area contributed by atoms with E-state index in [0.29, 0.717) is 6.42 Å². The molecule has 0 saturated carbocycles. The summed E-state index contributed by atoms with van der Waals surface area (Å²) in [7, 11) is 0. The largest absolute Gasteiger partial charge is 0.396 e. The average Bonchev–Trinajstić information content (AvgIpc) is 2.64. The van der Waals surface area contributed by atoms with E-state index in [0.717, 1.165) is 36.9 Å². The summed E-state index contributed by atoms with van der Waals surface area (Å²) in [5.74, 6) is 0.150. The molecule has 1 heterocycles. The second kappa shape index (κ2) is 8.28. The monoisotopic (exact) mass is 339 g/mol. The lowest BCUT2D eigenvalue weighted by atomic mass is 9.91. The zero-order chi connectivity index (χ0) is 17.6. The lowest BCUT2D eigenvalue weighted by molar-refractivity contribution is -0.124. The fourth-order valence-electron chi connectivity index (χ4n) is 3.30. The fraction of sp³-hybridized carbons (Fsp3) is 0.381. The second-order valence-corrected chi connectivity index (χ2v) is 6.55. The average molecular weight is 339 g/mol. The predicted molar refractivity (Wildman–Crippen MR) is 98.5 cm³/mol. The van der Waals surface area contributed by atoms with Crippen LogP contribution in [0, 0.1) is 0 Å². The molecule has 25 heavy (non-hydrogen) atoms. The topological polar surface area (TPSA) is 60.8 Å². The third-order valence-electron chi connectivity index (χ3n) is 4.77. The van der Waals surface area contributed by atoms with Crippen LogP contribution in [0.25, 0.3) is 0 Å². The minimum absolute atomic E-state index is 0.0997. The van der Waals surface area contributed by atoms with Crippen molar-refractivity contribution < 1.29 is 15.0 Å². The Morgan fingerprint density at radius 3 is 1.84 bits per heavy atom. The maximum Gasteiger partial charge on any atom is 0.230 e. The van der Waals surface area contributed by atoms with Crippen molar-refractivity contribution in [1.29, 1.82) is 0 Å². The molecular formula is C21H25NO3. The van der Waals surface area contributed by atoms with E-state index in [9.17, 15) is 4.79 Å². The van der Waals surface area contributed by atoms with Crippen LogP contribution in [0.1, 0.15) is 42.0 Å². The summed E-state index contributed by atoms with van der Waals surface area (Å²) in [5, 5.41) is 17.8. The maximum absolute atomic E-state index is 12.1. The highest BCUT2D eigenvalue weighted by Gasteiger charge is 2.38. The fourth-order valence-corrected chi connectivity index (χ4v) is 3.30. The van der Waals surface area contributed by atoms with Crippen LogP contribution in [-0.4, -0.2) is 29.3 Å². The molecule has 2 aromatic carbocycles. The van der Waals surface area contributed by atoms with E-state index in [-0.39, 0.29) is 25.2 Å². The zero-order valence-electron chi connectivity index (χ0n) is 14.4. The summed E-state index contributed by atoms with van der Waals surface area (Å²) in [5.41, 5.74) is 4.47. The van der Waals surface area contributed by atoms with Gasteiger partial charge in [0.05, 0.1) is 12.5 Å². The normalized spacial score (nSPS) is 16.8. The van der Waals surface area contributed by atoms with Gasteiger partial charge in [-0.2, -0.15) is 0 Å². The summed E-state index contributed by atoms with van der Waals surface area (Å²) in [4.78, 5) is 14.0. The molecule has 1 saturated heterocycles. The van der Waals surface area contributed by atoms with E-state index in [1.165, 1.54) is 11.1 Å². The van der Waals surface area contributed by atoms with Crippen LogP contribution in [0.2, 0.25) is 0 Å². The Balaban J connectivity index is 1.70. The molecular weight excluding hydrogens is 314 g/mol. The van der Waals surface area contributed by atoms with Gasteiger partial charge in [-0.05, 0) is 54.5 Å². The number of carbonyl (C=O) groups excluding carboxylic acids is 1. The number of anilines is 1. The van der Waals surface area contributed by atoms with Crippen molar-refractivity contribution in [3.8, 4) is 0 Å². The number of carbonyl (C=O) groups is 1. The SMILES string of the molecule is O=C1CC(c2ccc(CCCO)cc2)N1c1ccc(CCCO)cc1. The van der Waals surface area contributed by atoms with Crippen molar-refractivity contribution in [2.75, 3.05) is 18.1 Å². The Morgan fingerprint density at radius 2 is 1.36 bits per heavy atom. The first kappa shape index (κ1) is 17.6. The van der Waals surface area contributed by atoms with E-state index in [1.807, 2.05) is 29.2 Å². The molecule has 4 nitrogen and oxygen atoms in total. The molecule has 0 aromatic heterocycles. The van der Waals surface area contributed by atoms with E-state index in [1.54, 1.807) is 0 Å². The quantitative estimate of drug-likeness (QED) is 0.727. The molecule has 1 amide bonds. The molecule has 2 aromatic rings. The van der Waals surface area contributed by atoms with Gasteiger partial charge < -0.3 is 15.1 Å². The van der Waals surface area contributed by atoms with Gasteiger partial charge in [-0.15, -0.1) is 0 Å². The molecule has 2 N–H and O–H groups in total. The number of β-lactam (4-membered cyclic amide) rings is 1. The highest BCUT2D eigenvalue weighted by molar-refractivity contribution is 6.01. The predicted octanol–water partition coefficient (Wildman–Crippen LogP) is 3.01. The number of hydrogen-bond acceptors (Lipinski definition) is 3. The first-order chi connectivity index (χ1) is 12.2. The van der Waals surface area contributed by atoms with Crippen molar-refractivity contribution >= 4 is 11.6 Å². The standard InChI is InChI=1S/C21H25NO3/c23-13-1-3-16-5-9-18(10-6-16)20-15-21(25)22(20)19-11-7-17(8-12-19)4-2-14-24/h5-12,20,23-24H,1-4,13-15H2. The number of nitrogens with zero attached hydrogens (tertiary/aromatic N) is 1. The van der Waals surface area contributed by atoms with Gasteiger partial charge in [-0.1, -0.05) is 36.4 Å². The number of amides is 1. The zero-order valence-corrected chi connectivity index (χ0v) is 14.4. The number of aliphatic hydroxyl groups is 2. The van der Waals surface area contributed by atoms with E-state index < -0.39 is 0 Å². The number of hydrogen-bond donors (Lipinski definition) is 2. The van der Waals surface area contributed by atoms with Gasteiger partial charge in [0.15, 0.2) is 0 Å². The Morgan fingerprint density at radius 1 is 0.840 bits per heavy atom. The molecule has 1 aliphatic rings. The summed E-state index contributed by atoms with van der Waals surface area (Å²) in [6, 6.07) is 16.5. The van der Waals surface area contributed by atoms with Crippen LogP contribution >= 0.6 is 0 Å². The number of aryl methyl sites for hydroxylation is 2. The molecule has 1 fully saturated rings. The molecule has 1 atom stereocenters. The Kier molecular flexibility index (Phi) is 5.84. The Labute approximate surface area is 148 Å². The second-order valence-electron chi connectivity index (χ2n) is 6.55. The molecule has 0 spiro atoms. The van der Waals surface area contributed by atoms with Crippen molar-refractivity contribution in [3.05, 3.63) is 65.2 Å². The van der Waals surface area contributed by atoms with Crippen LogP contribution in [0.5, 0.6) is 0 Å². The minimum atomic E-state index is 0.0997. The smallest absolute Gasteiger partial charge is 0.230 e. The third kappa shape index (κ3) is 4.09. The lowest BCUT2D eigenvalue weighted by Crippen LogP contribution is -2.46. The van der Waals surface area contributed by atoms with Crippen LogP contribution < -0.4 is 4.90 Å². The summed E-state index contributed by atoms with van der Waals surface area (Å²) < 4.78 is 0. The molecule has 3 rings (SSSR count). The summed E-state index contributed by atoms with van der Waals surface area (Å²) in [6.07, 6.45) is 3.80. The van der Waals surface area contributed by atoms with Crippen molar-refractivity contribution in [1.82, 2.24) is 0 Å². The van der Waals surface area contributed by atoms with E-state index in [2.05, 4.69) is 24.3 Å². The molecule has 0 radical (unpaired) electrons. The third-order valence-corrected chi connectivity index (χ3v) is 4.77. The molecule has 0 bridgehead atoms. The highest BCUT2D eigenvalue weighted by atomic mass is 16.3. The van der Waals surface area contributed by atoms with Crippen molar-refractivity contribution in [2.24, 2.45) is 0 Å². The molecule has 1 unspecified atom stereocenters. The van der Waals surface area contributed by atoms with Gasteiger partial charge >= 0.3 is 0 Å².